The number of fused-ring (bicyclic) bond motifs is 1. The Morgan fingerprint density at radius 3 is 2.45 bits per heavy atom. The molecule has 1 saturated carbocycles. The Bertz CT molecular complexity index is 935. The van der Waals surface area contributed by atoms with Gasteiger partial charge in [0.2, 0.25) is 5.91 Å². The van der Waals surface area contributed by atoms with Crippen LogP contribution in [-0.4, -0.2) is 34.8 Å². The van der Waals surface area contributed by atoms with Gasteiger partial charge < -0.3 is 10.2 Å². The summed E-state index contributed by atoms with van der Waals surface area (Å²) < 4.78 is 0. The van der Waals surface area contributed by atoms with E-state index in [1.165, 1.54) is 12.8 Å². The van der Waals surface area contributed by atoms with E-state index in [4.69, 9.17) is 11.6 Å². The van der Waals surface area contributed by atoms with Crippen molar-refractivity contribution in [3.8, 4) is 0 Å². The van der Waals surface area contributed by atoms with E-state index < -0.39 is 5.54 Å². The first-order chi connectivity index (χ1) is 15.0. The smallest absolute Gasteiger partial charge is 0.255 e. The van der Waals surface area contributed by atoms with Gasteiger partial charge in [-0.25, -0.2) is 0 Å². The van der Waals surface area contributed by atoms with Crippen molar-refractivity contribution in [1.29, 1.82) is 0 Å². The zero-order chi connectivity index (χ0) is 21.8. The third-order valence-corrected chi connectivity index (χ3v) is 7.09. The van der Waals surface area contributed by atoms with Gasteiger partial charge in [0.25, 0.3) is 5.91 Å². The molecule has 2 aromatic rings. The van der Waals surface area contributed by atoms with Crippen LogP contribution in [0.25, 0.3) is 0 Å². The van der Waals surface area contributed by atoms with Gasteiger partial charge in [0.05, 0.1) is 0 Å². The highest BCUT2D eigenvalue weighted by Crippen LogP contribution is 2.32. The van der Waals surface area contributed by atoms with Gasteiger partial charge in [0, 0.05) is 29.6 Å². The maximum absolute atomic E-state index is 13.6. The van der Waals surface area contributed by atoms with Crippen LogP contribution in [0.3, 0.4) is 0 Å². The molecule has 0 bridgehead atoms. The fourth-order valence-electron chi connectivity index (χ4n) is 4.93. The van der Waals surface area contributed by atoms with E-state index in [0.29, 0.717) is 30.0 Å². The number of benzene rings is 2. The molecule has 164 valence electrons. The molecule has 2 amide bonds. The lowest BCUT2D eigenvalue weighted by Gasteiger charge is -2.44. The largest absolute Gasteiger partial charge is 0.351 e. The van der Waals surface area contributed by atoms with Crippen molar-refractivity contribution in [2.24, 2.45) is 0 Å². The number of hydrogen-bond acceptors (Lipinski definition) is 2. The van der Waals surface area contributed by atoms with Crippen molar-refractivity contribution in [2.75, 3.05) is 6.54 Å². The van der Waals surface area contributed by atoms with E-state index in [2.05, 4.69) is 5.32 Å². The summed E-state index contributed by atoms with van der Waals surface area (Å²) in [6, 6.07) is 15.6. The van der Waals surface area contributed by atoms with Gasteiger partial charge in [-0.3, -0.25) is 9.59 Å². The van der Waals surface area contributed by atoms with E-state index in [1.807, 2.05) is 55.5 Å². The van der Waals surface area contributed by atoms with Crippen LogP contribution in [0.1, 0.15) is 66.9 Å². The lowest BCUT2D eigenvalue weighted by molar-refractivity contribution is -0.132. The first-order valence-corrected chi connectivity index (χ1v) is 11.8. The van der Waals surface area contributed by atoms with Crippen LogP contribution < -0.4 is 5.32 Å². The van der Waals surface area contributed by atoms with Crippen LogP contribution in [0.4, 0.5) is 0 Å². The molecule has 1 aliphatic carbocycles. The summed E-state index contributed by atoms with van der Waals surface area (Å²) in [6.45, 7) is 2.41. The van der Waals surface area contributed by atoms with Crippen LogP contribution in [0.5, 0.6) is 0 Å². The molecule has 5 heteroatoms. The molecular formula is C26H31ClN2O2. The molecule has 1 atom stereocenters. The average molecular weight is 439 g/mol. The maximum atomic E-state index is 13.6. The molecule has 1 fully saturated rings. The van der Waals surface area contributed by atoms with E-state index in [9.17, 15) is 9.59 Å². The molecule has 0 aromatic heterocycles. The zero-order valence-corrected chi connectivity index (χ0v) is 19.0. The molecule has 0 spiro atoms. The number of carbonyl (C=O) groups is 2. The molecule has 1 N–H and O–H groups in total. The zero-order valence-electron chi connectivity index (χ0n) is 18.2. The minimum absolute atomic E-state index is 0.0293. The Morgan fingerprint density at radius 2 is 1.74 bits per heavy atom. The molecule has 0 radical (unpaired) electrons. The van der Waals surface area contributed by atoms with Crippen molar-refractivity contribution < 1.29 is 9.59 Å². The molecule has 31 heavy (non-hydrogen) atoms. The maximum Gasteiger partial charge on any atom is 0.255 e. The van der Waals surface area contributed by atoms with Gasteiger partial charge in [-0.05, 0) is 55.5 Å². The van der Waals surface area contributed by atoms with Gasteiger partial charge in [-0.15, -0.1) is 0 Å². The van der Waals surface area contributed by atoms with Gasteiger partial charge >= 0.3 is 0 Å². The first kappa shape index (κ1) is 21.9. The molecule has 0 unspecified atom stereocenters. The highest BCUT2D eigenvalue weighted by Gasteiger charge is 2.46. The van der Waals surface area contributed by atoms with Crippen molar-refractivity contribution in [3.05, 3.63) is 70.2 Å². The van der Waals surface area contributed by atoms with Gasteiger partial charge in [0.15, 0.2) is 0 Å². The predicted molar refractivity (Wildman–Crippen MR) is 124 cm³/mol. The van der Waals surface area contributed by atoms with Crippen molar-refractivity contribution in [3.63, 3.8) is 0 Å². The summed E-state index contributed by atoms with van der Waals surface area (Å²) >= 11 is 6.01. The van der Waals surface area contributed by atoms with Crippen LogP contribution in [0.2, 0.25) is 5.02 Å². The standard InChI is InChI=1S/C26H31ClN2O2/c1-26(25(31)28-22-9-4-2-3-5-10-22)18-20-8-6-7-11-23(20)24(30)29(26)17-16-19-12-14-21(27)15-13-19/h6-8,11-15,22H,2-5,9-10,16-18H2,1H3,(H,28,31)/t26-/m1/s1. The van der Waals surface area contributed by atoms with Crippen LogP contribution in [0, 0.1) is 0 Å². The van der Waals surface area contributed by atoms with Crippen LogP contribution >= 0.6 is 11.6 Å². The highest BCUT2D eigenvalue weighted by atomic mass is 35.5. The number of halogens is 1. The second-order valence-corrected chi connectivity index (χ2v) is 9.54. The third-order valence-electron chi connectivity index (χ3n) is 6.84. The van der Waals surface area contributed by atoms with Gasteiger partial charge in [-0.2, -0.15) is 0 Å². The number of nitrogens with zero attached hydrogens (tertiary/aromatic N) is 1. The summed E-state index contributed by atoms with van der Waals surface area (Å²) in [7, 11) is 0. The Labute approximate surface area is 190 Å². The van der Waals surface area contributed by atoms with Crippen molar-refractivity contribution >= 4 is 23.4 Å². The van der Waals surface area contributed by atoms with E-state index in [1.54, 1.807) is 4.90 Å². The number of amides is 2. The van der Waals surface area contributed by atoms with Crippen molar-refractivity contribution in [2.45, 2.75) is 69.9 Å². The minimum Gasteiger partial charge on any atom is -0.351 e. The summed E-state index contributed by atoms with van der Waals surface area (Å²) in [4.78, 5) is 28.9. The monoisotopic (exact) mass is 438 g/mol. The third kappa shape index (κ3) is 4.79. The minimum atomic E-state index is -0.899. The topological polar surface area (TPSA) is 49.4 Å². The second kappa shape index (κ2) is 9.44. The van der Waals surface area contributed by atoms with E-state index >= 15 is 0 Å². The van der Waals surface area contributed by atoms with Crippen molar-refractivity contribution in [1.82, 2.24) is 10.2 Å². The lowest BCUT2D eigenvalue weighted by atomic mass is 9.82. The predicted octanol–water partition coefficient (Wildman–Crippen LogP) is 5.18. The molecule has 1 aliphatic heterocycles. The van der Waals surface area contributed by atoms with Crippen LogP contribution in [-0.2, 0) is 17.6 Å². The lowest BCUT2D eigenvalue weighted by Crippen LogP contribution is -2.64. The first-order valence-electron chi connectivity index (χ1n) is 11.4. The molecule has 2 aliphatic rings. The average Bonchev–Trinajstić information content (AvgIpc) is 3.03. The fraction of sp³-hybridized carbons (Fsp3) is 0.462. The Hall–Kier alpha value is -2.33. The molecule has 1 heterocycles. The number of nitrogens with one attached hydrogen (secondary N) is 1. The Kier molecular flexibility index (Phi) is 6.66. The van der Waals surface area contributed by atoms with E-state index in [0.717, 1.165) is 36.8 Å². The fourth-order valence-corrected chi connectivity index (χ4v) is 5.05. The molecule has 2 aromatic carbocycles. The molecular weight excluding hydrogens is 408 g/mol. The second-order valence-electron chi connectivity index (χ2n) is 9.10. The SMILES string of the molecule is C[C@]1(C(=O)NC2CCCCCC2)Cc2ccccc2C(=O)N1CCc1ccc(Cl)cc1. The normalized spacial score (nSPS) is 22.0. The quantitative estimate of drug-likeness (QED) is 0.654. The van der Waals surface area contributed by atoms with Crippen LogP contribution in [0.15, 0.2) is 48.5 Å². The molecule has 4 rings (SSSR count). The summed E-state index contributed by atoms with van der Waals surface area (Å²) in [6.07, 6.45) is 8.05. The van der Waals surface area contributed by atoms with Gasteiger partial charge in [-0.1, -0.05) is 67.6 Å². The summed E-state index contributed by atoms with van der Waals surface area (Å²) in [5.41, 5.74) is 1.86. The number of carbonyl (C=O) groups excluding carboxylic acids is 2. The number of hydrogen-bond donors (Lipinski definition) is 1. The Balaban J connectivity index is 1.58. The highest BCUT2D eigenvalue weighted by molar-refractivity contribution is 6.30. The van der Waals surface area contributed by atoms with E-state index in [-0.39, 0.29) is 17.9 Å². The Morgan fingerprint density at radius 1 is 1.06 bits per heavy atom. The summed E-state index contributed by atoms with van der Waals surface area (Å²) in [5, 5.41) is 4.00. The summed E-state index contributed by atoms with van der Waals surface area (Å²) in [5.74, 6) is -0.0901. The van der Waals surface area contributed by atoms with Gasteiger partial charge in [0.1, 0.15) is 5.54 Å². The molecule has 4 nitrogen and oxygen atoms in total. The number of rotatable bonds is 5. The molecule has 0 saturated heterocycles.